The summed E-state index contributed by atoms with van der Waals surface area (Å²) in [6.07, 6.45) is 4.30. The average molecular weight is 278 g/mol. The molecule has 1 aromatic heterocycles. The van der Waals surface area contributed by atoms with E-state index in [1.165, 1.54) is 0 Å². The lowest BCUT2D eigenvalue weighted by Crippen LogP contribution is -2.30. The van der Waals surface area contributed by atoms with E-state index in [-0.39, 0.29) is 5.91 Å². The molecule has 20 heavy (non-hydrogen) atoms. The van der Waals surface area contributed by atoms with E-state index in [4.69, 9.17) is 0 Å². The van der Waals surface area contributed by atoms with Gasteiger partial charge in [0.1, 0.15) is 0 Å². The van der Waals surface area contributed by atoms with Crippen LogP contribution < -0.4 is 10.6 Å². The van der Waals surface area contributed by atoms with E-state index in [0.717, 1.165) is 38.3 Å². The van der Waals surface area contributed by atoms with Gasteiger partial charge in [-0.25, -0.2) is 0 Å². The van der Waals surface area contributed by atoms with Crippen LogP contribution in [0.1, 0.15) is 37.6 Å². The van der Waals surface area contributed by atoms with Gasteiger partial charge in [-0.3, -0.25) is 9.78 Å². The molecule has 0 saturated heterocycles. The van der Waals surface area contributed by atoms with Crippen molar-refractivity contribution in [2.75, 3.05) is 38.0 Å². The number of aromatic nitrogens is 1. The molecular formula is C15H26N4O. The number of carbonyl (C=O) groups excluding carboxylic acids is 1. The first-order valence-corrected chi connectivity index (χ1v) is 7.41. The highest BCUT2D eigenvalue weighted by Gasteiger charge is 2.10. The summed E-state index contributed by atoms with van der Waals surface area (Å²) in [7, 11) is 0. The molecule has 0 aromatic carbocycles. The van der Waals surface area contributed by atoms with E-state index >= 15 is 0 Å². The van der Waals surface area contributed by atoms with Crippen molar-refractivity contribution in [2.45, 2.75) is 27.2 Å². The fourth-order valence-corrected chi connectivity index (χ4v) is 2.06. The molecule has 0 bridgehead atoms. The van der Waals surface area contributed by atoms with Crippen molar-refractivity contribution in [3.63, 3.8) is 0 Å². The highest BCUT2D eigenvalue weighted by Crippen LogP contribution is 2.12. The number of anilines is 1. The Morgan fingerprint density at radius 1 is 1.30 bits per heavy atom. The molecule has 0 atom stereocenters. The Hall–Kier alpha value is -1.62. The first kappa shape index (κ1) is 16.4. The zero-order valence-corrected chi connectivity index (χ0v) is 12.8. The van der Waals surface area contributed by atoms with Crippen LogP contribution in [0.2, 0.25) is 0 Å². The van der Waals surface area contributed by atoms with Gasteiger partial charge in [0.05, 0.1) is 17.4 Å². The Kier molecular flexibility index (Phi) is 7.65. The molecule has 1 heterocycles. The molecule has 0 radical (unpaired) electrons. The first-order chi connectivity index (χ1) is 9.72. The normalized spacial score (nSPS) is 10.6. The van der Waals surface area contributed by atoms with E-state index in [1.807, 2.05) is 6.92 Å². The third kappa shape index (κ3) is 5.17. The minimum Gasteiger partial charge on any atom is -0.383 e. The van der Waals surface area contributed by atoms with E-state index in [0.29, 0.717) is 12.1 Å². The summed E-state index contributed by atoms with van der Waals surface area (Å²) >= 11 is 0. The molecule has 5 heteroatoms. The monoisotopic (exact) mass is 278 g/mol. The van der Waals surface area contributed by atoms with Crippen LogP contribution in [-0.2, 0) is 0 Å². The number of pyridine rings is 1. The summed E-state index contributed by atoms with van der Waals surface area (Å²) in [6.45, 7) is 10.9. The summed E-state index contributed by atoms with van der Waals surface area (Å²) in [5.41, 5.74) is 1.45. The van der Waals surface area contributed by atoms with Crippen LogP contribution in [0, 0.1) is 0 Å². The van der Waals surface area contributed by atoms with Gasteiger partial charge in [-0.05, 0) is 39.0 Å². The molecule has 0 unspecified atom stereocenters. The fourth-order valence-electron chi connectivity index (χ4n) is 2.06. The molecule has 5 nitrogen and oxygen atoms in total. The zero-order valence-electron chi connectivity index (χ0n) is 12.8. The first-order valence-electron chi connectivity index (χ1n) is 7.41. The van der Waals surface area contributed by atoms with E-state index in [1.54, 1.807) is 18.5 Å². The van der Waals surface area contributed by atoms with E-state index in [2.05, 4.69) is 34.4 Å². The second-order valence-electron chi connectivity index (χ2n) is 4.59. The number of rotatable bonds is 9. The maximum atomic E-state index is 12.1. The van der Waals surface area contributed by atoms with Crippen LogP contribution in [-0.4, -0.2) is 48.5 Å². The van der Waals surface area contributed by atoms with Crippen molar-refractivity contribution in [1.82, 2.24) is 15.2 Å². The largest absolute Gasteiger partial charge is 0.383 e. The van der Waals surface area contributed by atoms with Gasteiger partial charge in [0.2, 0.25) is 0 Å². The lowest BCUT2D eigenvalue weighted by Gasteiger charge is -2.17. The molecule has 2 N–H and O–H groups in total. The van der Waals surface area contributed by atoms with Crippen molar-refractivity contribution in [3.05, 3.63) is 24.0 Å². The van der Waals surface area contributed by atoms with Gasteiger partial charge >= 0.3 is 0 Å². The smallest absolute Gasteiger partial charge is 0.253 e. The molecular weight excluding hydrogens is 252 g/mol. The summed E-state index contributed by atoms with van der Waals surface area (Å²) < 4.78 is 0. The van der Waals surface area contributed by atoms with E-state index < -0.39 is 0 Å². The topological polar surface area (TPSA) is 57.3 Å². The van der Waals surface area contributed by atoms with E-state index in [9.17, 15) is 4.79 Å². The molecule has 0 fully saturated rings. The van der Waals surface area contributed by atoms with Crippen molar-refractivity contribution >= 4 is 11.6 Å². The van der Waals surface area contributed by atoms with Crippen LogP contribution in [0.3, 0.4) is 0 Å². The minimum atomic E-state index is -0.0390. The quantitative estimate of drug-likeness (QED) is 0.678. The summed E-state index contributed by atoms with van der Waals surface area (Å²) in [5, 5.41) is 6.12. The highest BCUT2D eigenvalue weighted by molar-refractivity contribution is 5.99. The van der Waals surface area contributed by atoms with Gasteiger partial charge in [0, 0.05) is 19.3 Å². The van der Waals surface area contributed by atoms with Crippen LogP contribution in [0.15, 0.2) is 18.5 Å². The fraction of sp³-hybridized carbons (Fsp3) is 0.600. The van der Waals surface area contributed by atoms with Gasteiger partial charge in [-0.2, -0.15) is 0 Å². The summed E-state index contributed by atoms with van der Waals surface area (Å²) in [4.78, 5) is 18.5. The predicted octanol–water partition coefficient (Wildman–Crippen LogP) is 1.98. The Labute approximate surface area is 121 Å². The molecule has 0 aliphatic rings. The standard InChI is InChI=1S/C15H26N4O/c1-4-17-14-12-16-10-8-13(14)15(20)18-9-7-11-19(5-2)6-3/h8,10,12,17H,4-7,9,11H2,1-3H3,(H,18,20). The number of nitrogens with zero attached hydrogens (tertiary/aromatic N) is 2. The predicted molar refractivity (Wildman–Crippen MR) is 83.1 cm³/mol. The minimum absolute atomic E-state index is 0.0390. The third-order valence-electron chi connectivity index (χ3n) is 3.26. The molecule has 0 spiro atoms. The summed E-state index contributed by atoms with van der Waals surface area (Å²) in [6, 6.07) is 1.75. The number of hydrogen-bond donors (Lipinski definition) is 2. The number of amides is 1. The lowest BCUT2D eigenvalue weighted by atomic mass is 10.2. The van der Waals surface area contributed by atoms with Crippen molar-refractivity contribution in [2.24, 2.45) is 0 Å². The van der Waals surface area contributed by atoms with Gasteiger partial charge in [0.15, 0.2) is 0 Å². The molecule has 0 aliphatic carbocycles. The molecule has 1 amide bonds. The molecule has 0 aliphatic heterocycles. The third-order valence-corrected chi connectivity index (χ3v) is 3.26. The van der Waals surface area contributed by atoms with Crippen LogP contribution in [0.4, 0.5) is 5.69 Å². The second-order valence-corrected chi connectivity index (χ2v) is 4.59. The van der Waals surface area contributed by atoms with Crippen molar-refractivity contribution in [1.29, 1.82) is 0 Å². The van der Waals surface area contributed by atoms with Gasteiger partial charge in [-0.1, -0.05) is 13.8 Å². The average Bonchev–Trinajstić information content (AvgIpc) is 2.48. The maximum absolute atomic E-state index is 12.1. The van der Waals surface area contributed by atoms with Gasteiger partial charge < -0.3 is 15.5 Å². The summed E-state index contributed by atoms with van der Waals surface area (Å²) in [5.74, 6) is -0.0390. The maximum Gasteiger partial charge on any atom is 0.253 e. The molecule has 112 valence electrons. The molecule has 1 aromatic rings. The number of nitrogens with one attached hydrogen (secondary N) is 2. The van der Waals surface area contributed by atoms with Crippen molar-refractivity contribution in [3.8, 4) is 0 Å². The molecule has 1 rings (SSSR count). The lowest BCUT2D eigenvalue weighted by molar-refractivity contribution is 0.0952. The van der Waals surface area contributed by atoms with Crippen LogP contribution in [0.5, 0.6) is 0 Å². The molecule has 0 saturated carbocycles. The number of hydrogen-bond acceptors (Lipinski definition) is 4. The Balaban J connectivity index is 2.43. The second kappa shape index (κ2) is 9.31. The van der Waals surface area contributed by atoms with Gasteiger partial charge in [0.25, 0.3) is 5.91 Å². The Bertz CT molecular complexity index is 405. The highest BCUT2D eigenvalue weighted by atomic mass is 16.1. The Morgan fingerprint density at radius 2 is 2.05 bits per heavy atom. The van der Waals surface area contributed by atoms with Crippen LogP contribution in [0.25, 0.3) is 0 Å². The number of carbonyl (C=O) groups is 1. The van der Waals surface area contributed by atoms with Crippen molar-refractivity contribution < 1.29 is 4.79 Å². The zero-order chi connectivity index (χ0) is 14.8. The SMILES string of the molecule is CCNc1cnccc1C(=O)NCCCN(CC)CC. The van der Waals surface area contributed by atoms with Crippen LogP contribution >= 0.6 is 0 Å². The van der Waals surface area contributed by atoms with Gasteiger partial charge in [-0.15, -0.1) is 0 Å². The Morgan fingerprint density at radius 3 is 2.70 bits per heavy atom.